The number of carbonyl (C=O) groups is 2. The number of aromatic nitrogens is 2. The standard InChI is InChI=1S/C21H21N3O4S/c25-19(22-12-13-29-15-6-2-1-3-7-15)14-28-20(26)11-10-18-23-17-9-5-4-8-16(17)21(27)24-18/h1-9H,10-14H2,(H,22,25)(H,23,24,27). The monoisotopic (exact) mass is 411 g/mol. The van der Waals surface area contributed by atoms with E-state index in [4.69, 9.17) is 4.74 Å². The molecule has 0 unspecified atom stereocenters. The zero-order valence-electron chi connectivity index (χ0n) is 15.7. The Kier molecular flexibility index (Phi) is 7.40. The molecule has 2 N–H and O–H groups in total. The number of benzene rings is 2. The number of amides is 1. The fourth-order valence-electron chi connectivity index (χ4n) is 2.62. The van der Waals surface area contributed by atoms with Crippen molar-refractivity contribution in [1.82, 2.24) is 15.3 Å². The van der Waals surface area contributed by atoms with Gasteiger partial charge in [-0.05, 0) is 24.3 Å². The van der Waals surface area contributed by atoms with Crippen LogP contribution in [-0.4, -0.2) is 40.7 Å². The molecule has 0 fully saturated rings. The number of aromatic amines is 1. The molecule has 1 heterocycles. The fourth-order valence-corrected chi connectivity index (χ4v) is 3.41. The van der Waals surface area contributed by atoms with Crippen molar-refractivity contribution in [1.29, 1.82) is 0 Å². The number of hydrogen-bond acceptors (Lipinski definition) is 6. The maximum Gasteiger partial charge on any atom is 0.306 e. The first-order valence-corrected chi connectivity index (χ1v) is 10.2. The van der Waals surface area contributed by atoms with E-state index < -0.39 is 5.97 Å². The van der Waals surface area contributed by atoms with E-state index in [-0.39, 0.29) is 30.9 Å². The molecule has 3 aromatic rings. The predicted octanol–water partition coefficient (Wildman–Crippen LogP) is 2.31. The number of thioether (sulfide) groups is 1. The third-order valence-corrected chi connectivity index (χ3v) is 5.04. The number of carbonyl (C=O) groups excluding carboxylic acids is 2. The van der Waals surface area contributed by atoms with Crippen molar-refractivity contribution in [2.45, 2.75) is 17.7 Å². The summed E-state index contributed by atoms with van der Waals surface area (Å²) in [5, 5.41) is 3.21. The van der Waals surface area contributed by atoms with Gasteiger partial charge in [0.15, 0.2) is 6.61 Å². The van der Waals surface area contributed by atoms with Crippen molar-refractivity contribution in [2.24, 2.45) is 0 Å². The van der Waals surface area contributed by atoms with Gasteiger partial charge in [0, 0.05) is 23.6 Å². The minimum atomic E-state index is -0.519. The van der Waals surface area contributed by atoms with Crippen molar-refractivity contribution in [3.63, 3.8) is 0 Å². The lowest BCUT2D eigenvalue weighted by molar-refractivity contribution is -0.148. The molecule has 0 saturated carbocycles. The number of nitrogens with one attached hydrogen (secondary N) is 2. The second kappa shape index (κ2) is 10.4. The first kappa shape index (κ1) is 20.6. The smallest absolute Gasteiger partial charge is 0.306 e. The molecule has 1 amide bonds. The molecule has 0 aliphatic heterocycles. The molecule has 29 heavy (non-hydrogen) atoms. The lowest BCUT2D eigenvalue weighted by atomic mass is 10.2. The normalized spacial score (nSPS) is 10.6. The molecule has 0 aliphatic carbocycles. The highest BCUT2D eigenvalue weighted by molar-refractivity contribution is 7.99. The van der Waals surface area contributed by atoms with E-state index in [1.807, 2.05) is 30.3 Å². The van der Waals surface area contributed by atoms with E-state index in [1.54, 1.807) is 36.0 Å². The minimum Gasteiger partial charge on any atom is -0.456 e. The highest BCUT2D eigenvalue weighted by atomic mass is 32.2. The quantitative estimate of drug-likeness (QED) is 0.318. The number of H-pyrrole nitrogens is 1. The molecule has 8 heteroatoms. The average Bonchev–Trinajstić information content (AvgIpc) is 2.74. The van der Waals surface area contributed by atoms with Crippen LogP contribution in [0.25, 0.3) is 10.9 Å². The van der Waals surface area contributed by atoms with Gasteiger partial charge in [0.2, 0.25) is 0 Å². The topological polar surface area (TPSA) is 101 Å². The van der Waals surface area contributed by atoms with Crippen LogP contribution in [0.4, 0.5) is 0 Å². The lowest BCUT2D eigenvalue weighted by Crippen LogP contribution is -2.30. The van der Waals surface area contributed by atoms with Gasteiger partial charge in [0.05, 0.1) is 17.3 Å². The first-order chi connectivity index (χ1) is 14.1. The molecule has 0 saturated heterocycles. The third-order valence-electron chi connectivity index (χ3n) is 4.03. The fraction of sp³-hybridized carbons (Fsp3) is 0.238. The molecule has 0 aliphatic rings. The molecule has 2 aromatic carbocycles. The molecular formula is C21H21N3O4S. The van der Waals surface area contributed by atoms with E-state index in [1.165, 1.54) is 0 Å². The summed E-state index contributed by atoms with van der Waals surface area (Å²) in [7, 11) is 0. The maximum absolute atomic E-state index is 12.0. The van der Waals surface area contributed by atoms with Gasteiger partial charge in [-0.15, -0.1) is 11.8 Å². The highest BCUT2D eigenvalue weighted by Crippen LogP contribution is 2.15. The van der Waals surface area contributed by atoms with Crippen LogP contribution in [0.3, 0.4) is 0 Å². The van der Waals surface area contributed by atoms with Gasteiger partial charge >= 0.3 is 5.97 Å². The van der Waals surface area contributed by atoms with Crippen LogP contribution in [0.15, 0.2) is 64.3 Å². The van der Waals surface area contributed by atoms with E-state index >= 15 is 0 Å². The highest BCUT2D eigenvalue weighted by Gasteiger charge is 2.10. The summed E-state index contributed by atoms with van der Waals surface area (Å²) in [6.45, 7) is 0.161. The Morgan fingerprint density at radius 3 is 2.66 bits per heavy atom. The van der Waals surface area contributed by atoms with Gasteiger partial charge in [-0.3, -0.25) is 14.4 Å². The van der Waals surface area contributed by atoms with E-state index in [9.17, 15) is 14.4 Å². The third kappa shape index (κ3) is 6.46. The summed E-state index contributed by atoms with van der Waals surface area (Å²) in [6.07, 6.45) is 0.257. The first-order valence-electron chi connectivity index (χ1n) is 9.20. The van der Waals surface area contributed by atoms with Crippen molar-refractivity contribution < 1.29 is 14.3 Å². The summed E-state index contributed by atoms with van der Waals surface area (Å²) in [4.78, 5) is 43.8. The SMILES string of the molecule is O=C(COC(=O)CCc1nc2ccccc2c(=O)[nH]1)NCCSc1ccccc1. The molecule has 0 atom stereocenters. The number of ether oxygens (including phenoxy) is 1. The second-order valence-electron chi connectivity index (χ2n) is 6.20. The van der Waals surface area contributed by atoms with Crippen LogP contribution in [0.2, 0.25) is 0 Å². The molecular weight excluding hydrogens is 390 g/mol. The molecule has 7 nitrogen and oxygen atoms in total. The Morgan fingerprint density at radius 2 is 1.83 bits per heavy atom. The lowest BCUT2D eigenvalue weighted by Gasteiger charge is -2.07. The van der Waals surface area contributed by atoms with Crippen molar-refractivity contribution in [3.8, 4) is 0 Å². The Morgan fingerprint density at radius 1 is 1.07 bits per heavy atom. The average molecular weight is 411 g/mol. The molecule has 0 radical (unpaired) electrons. The number of esters is 1. The summed E-state index contributed by atoms with van der Waals surface area (Å²) in [5.41, 5.74) is 0.332. The number of para-hydroxylation sites is 1. The van der Waals surface area contributed by atoms with E-state index in [0.717, 1.165) is 10.6 Å². The Labute approximate surface area is 171 Å². The van der Waals surface area contributed by atoms with Crippen LogP contribution in [-0.2, 0) is 20.7 Å². The summed E-state index contributed by atoms with van der Waals surface area (Å²) in [5.74, 6) is 0.275. The molecule has 3 rings (SSSR count). The largest absolute Gasteiger partial charge is 0.456 e. The summed E-state index contributed by atoms with van der Waals surface area (Å²) in [6, 6.07) is 16.9. The Balaban J connectivity index is 1.35. The van der Waals surface area contributed by atoms with Gasteiger partial charge in [-0.1, -0.05) is 30.3 Å². The maximum atomic E-state index is 12.0. The van der Waals surface area contributed by atoms with Crippen LogP contribution in [0.1, 0.15) is 12.2 Å². The zero-order valence-corrected chi connectivity index (χ0v) is 16.5. The number of fused-ring (bicyclic) bond motifs is 1. The number of aryl methyl sites for hydroxylation is 1. The van der Waals surface area contributed by atoms with Crippen molar-refractivity contribution >= 4 is 34.5 Å². The van der Waals surface area contributed by atoms with Crippen molar-refractivity contribution in [2.75, 3.05) is 18.9 Å². The van der Waals surface area contributed by atoms with E-state index in [2.05, 4.69) is 15.3 Å². The Hall–Kier alpha value is -3.13. The number of hydrogen-bond donors (Lipinski definition) is 2. The molecule has 0 spiro atoms. The summed E-state index contributed by atoms with van der Waals surface area (Å²) >= 11 is 1.64. The van der Waals surface area contributed by atoms with Gasteiger partial charge < -0.3 is 15.0 Å². The van der Waals surface area contributed by atoms with Crippen LogP contribution < -0.4 is 10.9 Å². The van der Waals surface area contributed by atoms with Crippen molar-refractivity contribution in [3.05, 3.63) is 70.8 Å². The number of nitrogens with zero attached hydrogens (tertiary/aromatic N) is 1. The predicted molar refractivity (Wildman–Crippen MR) is 112 cm³/mol. The van der Waals surface area contributed by atoms with Crippen LogP contribution >= 0.6 is 11.8 Å². The number of rotatable bonds is 9. The van der Waals surface area contributed by atoms with E-state index in [0.29, 0.717) is 23.3 Å². The zero-order chi connectivity index (χ0) is 20.5. The van der Waals surface area contributed by atoms with Gasteiger partial charge in [-0.2, -0.15) is 0 Å². The Bertz CT molecular complexity index is 1040. The van der Waals surface area contributed by atoms with Gasteiger partial charge in [0.25, 0.3) is 11.5 Å². The molecule has 150 valence electrons. The van der Waals surface area contributed by atoms with Crippen LogP contribution in [0, 0.1) is 0 Å². The van der Waals surface area contributed by atoms with Gasteiger partial charge in [-0.25, -0.2) is 4.98 Å². The summed E-state index contributed by atoms with van der Waals surface area (Å²) < 4.78 is 4.98. The minimum absolute atomic E-state index is 0.0262. The molecule has 1 aromatic heterocycles. The molecule has 0 bridgehead atoms. The second-order valence-corrected chi connectivity index (χ2v) is 7.37. The van der Waals surface area contributed by atoms with Crippen LogP contribution in [0.5, 0.6) is 0 Å². The van der Waals surface area contributed by atoms with Gasteiger partial charge in [0.1, 0.15) is 5.82 Å².